The molecule has 2 heterocycles. The molecule has 2 unspecified atom stereocenters. The molecule has 33 heavy (non-hydrogen) atoms. The van der Waals surface area contributed by atoms with Gasteiger partial charge in [0.15, 0.2) is 0 Å². The lowest BCUT2D eigenvalue weighted by Gasteiger charge is -2.59. The van der Waals surface area contributed by atoms with Crippen LogP contribution in [-0.2, 0) is 16.8 Å². The number of hydrogen-bond acceptors (Lipinski definition) is 5. The minimum atomic E-state index is -0.695. The zero-order valence-corrected chi connectivity index (χ0v) is 18.4. The third kappa shape index (κ3) is 3.46. The molecule has 3 aromatic carbocycles. The largest absolute Gasteiger partial charge is 0.477 e. The third-order valence-electron chi connectivity index (χ3n) is 6.74. The third-order valence-corrected chi connectivity index (χ3v) is 6.74. The summed E-state index contributed by atoms with van der Waals surface area (Å²) in [5, 5.41) is 18.8. The molecule has 2 aliphatic rings. The van der Waals surface area contributed by atoms with Crippen LogP contribution in [0.25, 0.3) is 0 Å². The highest BCUT2D eigenvalue weighted by atomic mass is 16.5. The maximum atomic E-state index is 13.3. The van der Waals surface area contributed by atoms with Crippen LogP contribution in [0.2, 0.25) is 0 Å². The second kappa shape index (κ2) is 8.89. The standard InChI is InChI=1S/C27H28N2O4/c30-18-16-28(17-19-31)22-12-10-21(11-13-22)27-24-9-5-4-6-20(24)14-15-29(27)26(32)25(27)33-23-7-2-1-3-8-23/h1-13,25,30-31H,14-19H2. The lowest BCUT2D eigenvalue weighted by Crippen LogP contribution is -2.76. The molecule has 1 saturated heterocycles. The predicted octanol–water partition coefficient (Wildman–Crippen LogP) is 2.57. The van der Waals surface area contributed by atoms with Crippen molar-refractivity contribution in [2.24, 2.45) is 0 Å². The summed E-state index contributed by atoms with van der Waals surface area (Å²) in [5.41, 5.74) is 3.55. The van der Waals surface area contributed by atoms with Gasteiger partial charge in [-0.15, -0.1) is 0 Å². The van der Waals surface area contributed by atoms with Crippen molar-refractivity contribution in [2.45, 2.75) is 18.1 Å². The molecule has 170 valence electrons. The number of benzene rings is 3. The molecule has 3 aromatic rings. The maximum Gasteiger partial charge on any atom is 0.268 e. The van der Waals surface area contributed by atoms with Gasteiger partial charge in [-0.25, -0.2) is 0 Å². The molecule has 2 N–H and O–H groups in total. The van der Waals surface area contributed by atoms with E-state index in [4.69, 9.17) is 4.74 Å². The summed E-state index contributed by atoms with van der Waals surface area (Å²) in [6.07, 6.45) is 0.166. The molecular formula is C27H28N2O4. The van der Waals surface area contributed by atoms with Crippen molar-refractivity contribution in [3.63, 3.8) is 0 Å². The second-order valence-electron chi connectivity index (χ2n) is 8.46. The Morgan fingerprint density at radius 1 is 0.909 bits per heavy atom. The molecule has 0 saturated carbocycles. The number of carbonyl (C=O) groups excluding carboxylic acids is 1. The zero-order chi connectivity index (χ0) is 22.8. The van der Waals surface area contributed by atoms with Crippen LogP contribution in [-0.4, -0.2) is 60.0 Å². The summed E-state index contributed by atoms with van der Waals surface area (Å²) in [5.74, 6) is 0.672. The normalized spacial score (nSPS) is 21.1. The lowest BCUT2D eigenvalue weighted by molar-refractivity contribution is -0.178. The van der Waals surface area contributed by atoms with Crippen LogP contribution in [0, 0.1) is 0 Å². The number of aliphatic hydroxyl groups excluding tert-OH is 2. The minimum absolute atomic E-state index is 0.000352. The van der Waals surface area contributed by atoms with Crippen LogP contribution in [0.3, 0.4) is 0 Å². The number of fused-ring (bicyclic) bond motifs is 3. The van der Waals surface area contributed by atoms with Crippen LogP contribution in [0.4, 0.5) is 5.69 Å². The van der Waals surface area contributed by atoms with E-state index >= 15 is 0 Å². The fourth-order valence-corrected chi connectivity index (χ4v) is 5.26. The van der Waals surface area contributed by atoms with Gasteiger partial charge in [0.25, 0.3) is 5.91 Å². The van der Waals surface area contributed by atoms with Gasteiger partial charge in [0.2, 0.25) is 6.10 Å². The van der Waals surface area contributed by atoms with Crippen LogP contribution in [0.1, 0.15) is 16.7 Å². The summed E-state index contributed by atoms with van der Waals surface area (Å²) in [6.45, 7) is 1.55. The molecule has 0 spiro atoms. The number of β-lactam (4-membered cyclic amide) rings is 1. The number of para-hydroxylation sites is 1. The number of ether oxygens (including phenoxy) is 1. The number of aliphatic hydroxyl groups is 2. The minimum Gasteiger partial charge on any atom is -0.477 e. The van der Waals surface area contributed by atoms with Gasteiger partial charge in [0.1, 0.15) is 11.3 Å². The first-order chi connectivity index (χ1) is 16.2. The molecule has 1 amide bonds. The topological polar surface area (TPSA) is 73.2 Å². The van der Waals surface area contributed by atoms with Crippen molar-refractivity contribution in [3.8, 4) is 5.75 Å². The SMILES string of the molecule is O=C1C(Oc2ccccc2)C2(c3ccc(N(CCO)CCO)cc3)c3ccccc3CCN12. The second-order valence-corrected chi connectivity index (χ2v) is 8.46. The highest BCUT2D eigenvalue weighted by molar-refractivity contribution is 5.94. The molecule has 2 atom stereocenters. The van der Waals surface area contributed by atoms with Gasteiger partial charge in [-0.2, -0.15) is 0 Å². The van der Waals surface area contributed by atoms with E-state index in [-0.39, 0.29) is 19.1 Å². The van der Waals surface area contributed by atoms with Gasteiger partial charge in [-0.1, -0.05) is 54.6 Å². The summed E-state index contributed by atoms with van der Waals surface area (Å²) in [4.78, 5) is 17.2. The van der Waals surface area contributed by atoms with Crippen LogP contribution < -0.4 is 9.64 Å². The summed E-state index contributed by atoms with van der Waals surface area (Å²) in [6, 6.07) is 25.9. The molecule has 6 heteroatoms. The van der Waals surface area contributed by atoms with E-state index in [1.165, 1.54) is 5.56 Å². The van der Waals surface area contributed by atoms with E-state index in [1.54, 1.807) is 0 Å². The van der Waals surface area contributed by atoms with Crippen LogP contribution in [0.15, 0.2) is 78.9 Å². The van der Waals surface area contributed by atoms with Gasteiger partial charge < -0.3 is 24.7 Å². The Morgan fingerprint density at radius 3 is 2.27 bits per heavy atom. The Bertz CT molecular complexity index is 1110. The van der Waals surface area contributed by atoms with Gasteiger partial charge in [0, 0.05) is 25.3 Å². The summed E-state index contributed by atoms with van der Waals surface area (Å²) in [7, 11) is 0. The van der Waals surface area contributed by atoms with E-state index in [0.29, 0.717) is 25.4 Å². The Labute approximate surface area is 193 Å². The molecule has 0 radical (unpaired) electrons. The number of hydrogen-bond donors (Lipinski definition) is 2. The van der Waals surface area contributed by atoms with Gasteiger partial charge in [-0.05, 0) is 47.4 Å². The Balaban J connectivity index is 1.59. The van der Waals surface area contributed by atoms with Gasteiger partial charge >= 0.3 is 0 Å². The molecule has 0 aromatic heterocycles. The van der Waals surface area contributed by atoms with Crippen molar-refractivity contribution < 1.29 is 19.7 Å². The zero-order valence-electron chi connectivity index (χ0n) is 18.4. The first kappa shape index (κ1) is 21.5. The number of anilines is 1. The van der Waals surface area contributed by atoms with Crippen molar-refractivity contribution in [1.29, 1.82) is 0 Å². The average molecular weight is 445 g/mol. The van der Waals surface area contributed by atoms with Crippen molar-refractivity contribution in [2.75, 3.05) is 37.7 Å². The van der Waals surface area contributed by atoms with Crippen molar-refractivity contribution in [3.05, 3.63) is 95.6 Å². The molecular weight excluding hydrogens is 416 g/mol. The lowest BCUT2D eigenvalue weighted by atomic mass is 9.66. The number of rotatable bonds is 8. The fraction of sp³-hybridized carbons (Fsp3) is 0.296. The number of nitrogens with zero attached hydrogens (tertiary/aromatic N) is 2. The first-order valence-electron chi connectivity index (χ1n) is 11.4. The van der Waals surface area contributed by atoms with Crippen molar-refractivity contribution >= 4 is 11.6 Å². The van der Waals surface area contributed by atoms with E-state index in [9.17, 15) is 15.0 Å². The van der Waals surface area contributed by atoms with Crippen molar-refractivity contribution in [1.82, 2.24) is 4.90 Å². The fourth-order valence-electron chi connectivity index (χ4n) is 5.26. The van der Waals surface area contributed by atoms with E-state index < -0.39 is 11.6 Å². The Kier molecular flexibility index (Phi) is 5.79. The molecule has 5 rings (SSSR count). The predicted molar refractivity (Wildman–Crippen MR) is 126 cm³/mol. The first-order valence-corrected chi connectivity index (χ1v) is 11.4. The van der Waals surface area contributed by atoms with Crippen LogP contribution in [0.5, 0.6) is 5.75 Å². The quantitative estimate of drug-likeness (QED) is 0.523. The monoisotopic (exact) mass is 444 g/mol. The van der Waals surface area contributed by atoms with Gasteiger partial charge in [-0.3, -0.25) is 4.79 Å². The van der Waals surface area contributed by atoms with Crippen LogP contribution >= 0.6 is 0 Å². The summed E-state index contributed by atoms with van der Waals surface area (Å²) < 4.78 is 6.33. The number of amides is 1. The van der Waals surface area contributed by atoms with E-state index in [2.05, 4.69) is 12.1 Å². The molecule has 1 fully saturated rings. The van der Waals surface area contributed by atoms with Gasteiger partial charge in [0.05, 0.1) is 13.2 Å². The average Bonchev–Trinajstić information content (AvgIpc) is 2.87. The highest BCUT2D eigenvalue weighted by Crippen LogP contribution is 2.52. The number of carbonyl (C=O) groups is 1. The molecule has 0 aliphatic carbocycles. The van der Waals surface area contributed by atoms with E-state index in [1.807, 2.05) is 76.5 Å². The van der Waals surface area contributed by atoms with E-state index in [0.717, 1.165) is 23.2 Å². The molecule has 2 aliphatic heterocycles. The Hall–Kier alpha value is -3.35. The smallest absolute Gasteiger partial charge is 0.268 e. The molecule has 6 nitrogen and oxygen atoms in total. The maximum absolute atomic E-state index is 13.3. The highest BCUT2D eigenvalue weighted by Gasteiger charge is 2.65. The summed E-state index contributed by atoms with van der Waals surface area (Å²) >= 11 is 0. The molecule has 0 bridgehead atoms. The Morgan fingerprint density at radius 2 is 1.58 bits per heavy atom.